The molecule has 30 heavy (non-hydrogen) atoms. The van der Waals surface area contributed by atoms with E-state index in [-0.39, 0.29) is 11.5 Å². The third kappa shape index (κ3) is 4.31. The Kier molecular flexibility index (Phi) is 6.26. The summed E-state index contributed by atoms with van der Waals surface area (Å²) in [7, 11) is 1.73. The van der Waals surface area contributed by atoms with Gasteiger partial charge >= 0.3 is 0 Å². The maximum atomic E-state index is 12.7. The summed E-state index contributed by atoms with van der Waals surface area (Å²) in [5.74, 6) is 0.403. The first-order valence-corrected chi connectivity index (χ1v) is 11.9. The number of piperazine rings is 1. The molecule has 1 aliphatic heterocycles. The van der Waals surface area contributed by atoms with Crippen LogP contribution < -0.4 is 5.56 Å². The topological polar surface area (TPSA) is 58.4 Å². The van der Waals surface area contributed by atoms with E-state index in [0.29, 0.717) is 16.3 Å². The summed E-state index contributed by atoms with van der Waals surface area (Å²) >= 11 is 2.89. The number of amides is 1. The first kappa shape index (κ1) is 21.1. The van der Waals surface area contributed by atoms with Gasteiger partial charge in [-0.3, -0.25) is 19.1 Å². The molecule has 2 aromatic heterocycles. The second kappa shape index (κ2) is 8.91. The summed E-state index contributed by atoms with van der Waals surface area (Å²) in [6, 6.07) is 10.4. The molecule has 0 aliphatic carbocycles. The average Bonchev–Trinajstić information content (AvgIpc) is 3.04. The van der Waals surface area contributed by atoms with Gasteiger partial charge in [0.15, 0.2) is 5.16 Å². The summed E-state index contributed by atoms with van der Waals surface area (Å²) in [5, 5.41) is 1.30. The predicted octanol–water partition coefficient (Wildman–Crippen LogP) is 3.05. The van der Waals surface area contributed by atoms with E-state index >= 15 is 0 Å². The number of carbonyl (C=O) groups is 1. The van der Waals surface area contributed by atoms with Crippen LogP contribution in [0.1, 0.15) is 16.0 Å². The number of carbonyl (C=O) groups excluding carboxylic acids is 1. The Bertz CT molecular complexity index is 1120. The molecule has 4 rings (SSSR count). The molecule has 3 heterocycles. The van der Waals surface area contributed by atoms with Crippen LogP contribution in [0.5, 0.6) is 0 Å². The van der Waals surface area contributed by atoms with Crippen molar-refractivity contribution in [2.24, 2.45) is 7.05 Å². The molecular weight excluding hydrogens is 416 g/mol. The van der Waals surface area contributed by atoms with Gasteiger partial charge in [0.1, 0.15) is 4.83 Å². The molecule has 0 saturated carbocycles. The highest BCUT2D eigenvalue weighted by molar-refractivity contribution is 7.99. The number of hydrogen-bond donors (Lipinski definition) is 0. The molecule has 1 amide bonds. The molecule has 1 aliphatic rings. The van der Waals surface area contributed by atoms with Crippen molar-refractivity contribution >= 4 is 39.2 Å². The first-order valence-electron chi connectivity index (χ1n) is 10.1. The molecule has 8 heteroatoms. The SMILES string of the molecule is Cc1sc2nc(SCC(=O)N3CCN(Cc4ccccc4)CC3)n(C)c(=O)c2c1C. The number of aryl methyl sites for hydroxylation is 2. The monoisotopic (exact) mass is 442 g/mol. The van der Waals surface area contributed by atoms with E-state index in [9.17, 15) is 9.59 Å². The Labute approximate surface area is 184 Å². The third-order valence-corrected chi connectivity index (χ3v) is 7.78. The summed E-state index contributed by atoms with van der Waals surface area (Å²) in [6.45, 7) is 8.12. The van der Waals surface area contributed by atoms with Crippen LogP contribution in [-0.4, -0.2) is 57.2 Å². The van der Waals surface area contributed by atoms with Gasteiger partial charge in [-0.15, -0.1) is 11.3 Å². The minimum Gasteiger partial charge on any atom is -0.339 e. The average molecular weight is 443 g/mol. The van der Waals surface area contributed by atoms with E-state index in [4.69, 9.17) is 0 Å². The minimum absolute atomic E-state index is 0.0358. The fourth-order valence-corrected chi connectivity index (χ4v) is 5.64. The normalized spacial score (nSPS) is 15.1. The van der Waals surface area contributed by atoms with Gasteiger partial charge in [0.05, 0.1) is 11.1 Å². The van der Waals surface area contributed by atoms with Crippen molar-refractivity contribution in [2.45, 2.75) is 25.5 Å². The highest BCUT2D eigenvalue weighted by Gasteiger charge is 2.22. The van der Waals surface area contributed by atoms with E-state index in [1.54, 1.807) is 23.0 Å². The van der Waals surface area contributed by atoms with E-state index in [1.165, 1.54) is 17.3 Å². The van der Waals surface area contributed by atoms with Crippen molar-refractivity contribution in [3.05, 3.63) is 56.7 Å². The second-order valence-corrected chi connectivity index (χ2v) is 9.80. The molecule has 1 fully saturated rings. The first-order chi connectivity index (χ1) is 14.4. The molecule has 0 N–H and O–H groups in total. The number of aromatic nitrogens is 2. The molecule has 0 spiro atoms. The van der Waals surface area contributed by atoms with Crippen molar-refractivity contribution in [3.8, 4) is 0 Å². The zero-order valence-electron chi connectivity index (χ0n) is 17.6. The Hall–Kier alpha value is -2.16. The van der Waals surface area contributed by atoms with E-state index < -0.39 is 0 Å². The van der Waals surface area contributed by atoms with Crippen LogP contribution in [0.2, 0.25) is 0 Å². The third-order valence-electron chi connectivity index (χ3n) is 5.67. The van der Waals surface area contributed by atoms with Crippen LogP contribution in [-0.2, 0) is 18.4 Å². The lowest BCUT2D eigenvalue weighted by Gasteiger charge is -2.34. The van der Waals surface area contributed by atoms with E-state index in [2.05, 4.69) is 34.1 Å². The molecule has 0 unspecified atom stereocenters. The lowest BCUT2D eigenvalue weighted by Crippen LogP contribution is -2.48. The van der Waals surface area contributed by atoms with Gasteiger partial charge in [-0.2, -0.15) is 0 Å². The fourth-order valence-electron chi connectivity index (χ4n) is 3.70. The highest BCUT2D eigenvalue weighted by Crippen LogP contribution is 2.28. The minimum atomic E-state index is -0.0358. The number of thioether (sulfide) groups is 1. The second-order valence-electron chi connectivity index (χ2n) is 7.65. The smallest absolute Gasteiger partial charge is 0.262 e. The number of rotatable bonds is 5. The Morgan fingerprint density at radius 3 is 2.53 bits per heavy atom. The van der Waals surface area contributed by atoms with Crippen molar-refractivity contribution in [3.63, 3.8) is 0 Å². The molecule has 0 atom stereocenters. The highest BCUT2D eigenvalue weighted by atomic mass is 32.2. The van der Waals surface area contributed by atoms with Crippen LogP contribution >= 0.6 is 23.1 Å². The zero-order valence-corrected chi connectivity index (χ0v) is 19.2. The molecular formula is C22H26N4O2S2. The van der Waals surface area contributed by atoms with E-state index in [0.717, 1.165) is 48.0 Å². The number of hydrogen-bond acceptors (Lipinski definition) is 6. The van der Waals surface area contributed by atoms with Crippen molar-refractivity contribution < 1.29 is 4.79 Å². The summed E-state index contributed by atoms with van der Waals surface area (Å²) in [5.41, 5.74) is 2.27. The van der Waals surface area contributed by atoms with E-state index in [1.807, 2.05) is 24.8 Å². The number of thiophene rings is 1. The zero-order chi connectivity index (χ0) is 21.3. The number of benzene rings is 1. The maximum Gasteiger partial charge on any atom is 0.262 e. The summed E-state index contributed by atoms with van der Waals surface area (Å²) < 4.78 is 1.57. The van der Waals surface area contributed by atoms with Gasteiger partial charge < -0.3 is 4.90 Å². The van der Waals surface area contributed by atoms with Gasteiger partial charge in [0.25, 0.3) is 5.56 Å². The van der Waals surface area contributed by atoms with Crippen LogP contribution in [0.25, 0.3) is 10.2 Å². The maximum absolute atomic E-state index is 12.7. The van der Waals surface area contributed by atoms with Crippen molar-refractivity contribution in [1.82, 2.24) is 19.4 Å². The summed E-state index contributed by atoms with van der Waals surface area (Å²) in [6.07, 6.45) is 0. The molecule has 158 valence electrons. The van der Waals surface area contributed by atoms with Crippen LogP contribution in [0, 0.1) is 13.8 Å². The molecule has 1 saturated heterocycles. The lowest BCUT2D eigenvalue weighted by molar-refractivity contribution is -0.130. The van der Waals surface area contributed by atoms with Crippen LogP contribution in [0.4, 0.5) is 0 Å². The standard InChI is InChI=1S/C22H26N4O2S2/c1-15-16(2)30-20-19(15)21(28)24(3)22(23-20)29-14-18(27)26-11-9-25(10-12-26)13-17-7-5-4-6-8-17/h4-8H,9-14H2,1-3H3. The number of fused-ring (bicyclic) bond motifs is 1. The summed E-state index contributed by atoms with van der Waals surface area (Å²) in [4.78, 5) is 36.3. The van der Waals surface area contributed by atoms with Gasteiger partial charge in [0, 0.05) is 44.6 Å². The molecule has 3 aromatic rings. The lowest BCUT2D eigenvalue weighted by atomic mass is 10.2. The molecule has 6 nitrogen and oxygen atoms in total. The molecule has 0 bridgehead atoms. The molecule has 0 radical (unpaired) electrons. The van der Waals surface area contributed by atoms with Crippen molar-refractivity contribution in [2.75, 3.05) is 31.9 Å². The quantitative estimate of drug-likeness (QED) is 0.449. The number of nitrogens with zero attached hydrogens (tertiary/aromatic N) is 4. The molecule has 1 aromatic carbocycles. The van der Waals surface area contributed by atoms with Crippen LogP contribution in [0.15, 0.2) is 40.3 Å². The predicted molar refractivity (Wildman–Crippen MR) is 123 cm³/mol. The Balaban J connectivity index is 1.35. The fraction of sp³-hybridized carbons (Fsp3) is 0.409. The largest absolute Gasteiger partial charge is 0.339 e. The van der Waals surface area contributed by atoms with Gasteiger partial charge in [-0.1, -0.05) is 42.1 Å². The Morgan fingerprint density at radius 2 is 1.83 bits per heavy atom. The van der Waals surface area contributed by atoms with Crippen LogP contribution in [0.3, 0.4) is 0 Å². The van der Waals surface area contributed by atoms with Gasteiger partial charge in [-0.05, 0) is 25.0 Å². The van der Waals surface area contributed by atoms with Gasteiger partial charge in [-0.25, -0.2) is 4.98 Å². The Morgan fingerprint density at radius 1 is 1.13 bits per heavy atom. The van der Waals surface area contributed by atoms with Crippen molar-refractivity contribution in [1.29, 1.82) is 0 Å². The van der Waals surface area contributed by atoms with Gasteiger partial charge in [0.2, 0.25) is 5.91 Å².